The molecule has 2 N–H and O–H groups in total. The molecular weight excluding hydrogens is 280 g/mol. The van der Waals surface area contributed by atoms with E-state index in [1.807, 2.05) is 5.01 Å². The van der Waals surface area contributed by atoms with Gasteiger partial charge >= 0.3 is 0 Å². The lowest BCUT2D eigenvalue weighted by Crippen LogP contribution is -2.32. The van der Waals surface area contributed by atoms with E-state index in [4.69, 9.17) is 5.84 Å². The van der Waals surface area contributed by atoms with Crippen LogP contribution in [0.5, 0.6) is 0 Å². The van der Waals surface area contributed by atoms with E-state index in [1.54, 1.807) is 0 Å². The number of nitrogens with two attached hydrogens (primary N) is 1. The Bertz CT molecular complexity index is 238. The van der Waals surface area contributed by atoms with Crippen molar-refractivity contribution in [2.24, 2.45) is 5.84 Å². The molecule has 0 atom stereocenters. The Kier molecular flexibility index (Phi) is 19.4. The zero-order valence-corrected chi connectivity index (χ0v) is 16.2. The molecule has 0 unspecified atom stereocenters. The minimum atomic E-state index is 1.03. The zero-order chi connectivity index (χ0) is 17.0. The molecule has 0 amide bonds. The Morgan fingerprint density at radius 3 is 1.57 bits per heavy atom. The second-order valence-corrected chi connectivity index (χ2v) is 6.97. The lowest BCUT2D eigenvalue weighted by molar-refractivity contribution is 0.276. The third-order valence-corrected chi connectivity index (χ3v) is 4.47. The Hall–Kier alpha value is -0.340. The first-order valence-electron chi connectivity index (χ1n) is 10.5. The number of allylic oxidation sites excluding steroid dienone is 2. The molecule has 0 fully saturated rings. The van der Waals surface area contributed by atoms with Gasteiger partial charge in [0.1, 0.15) is 0 Å². The van der Waals surface area contributed by atoms with E-state index >= 15 is 0 Å². The van der Waals surface area contributed by atoms with Gasteiger partial charge in [0.2, 0.25) is 0 Å². The van der Waals surface area contributed by atoms with Crippen LogP contribution in [-0.2, 0) is 0 Å². The van der Waals surface area contributed by atoms with Crippen molar-refractivity contribution in [2.45, 2.75) is 110 Å². The molecule has 0 aliphatic carbocycles. The Balaban J connectivity index is 3.10. The summed E-state index contributed by atoms with van der Waals surface area (Å²) < 4.78 is 0. The van der Waals surface area contributed by atoms with E-state index in [0.717, 1.165) is 19.5 Å². The van der Waals surface area contributed by atoms with Crippen molar-refractivity contribution in [3.05, 3.63) is 12.2 Å². The summed E-state index contributed by atoms with van der Waals surface area (Å²) in [5.74, 6) is 5.87. The first-order valence-corrected chi connectivity index (χ1v) is 10.5. The van der Waals surface area contributed by atoms with Gasteiger partial charge in [0.05, 0.1) is 0 Å². The molecule has 0 rings (SSSR count). The number of hydrogen-bond donors (Lipinski definition) is 1. The van der Waals surface area contributed by atoms with Crippen molar-refractivity contribution in [2.75, 3.05) is 13.1 Å². The van der Waals surface area contributed by atoms with Gasteiger partial charge in [-0.2, -0.15) is 0 Å². The highest BCUT2D eigenvalue weighted by atomic mass is 15.4. The highest BCUT2D eigenvalue weighted by molar-refractivity contribution is 4.81. The molecule has 0 aromatic carbocycles. The van der Waals surface area contributed by atoms with Crippen molar-refractivity contribution in [3.63, 3.8) is 0 Å². The molecule has 2 nitrogen and oxygen atoms in total. The summed E-state index contributed by atoms with van der Waals surface area (Å²) in [6, 6.07) is 0. The summed E-state index contributed by atoms with van der Waals surface area (Å²) in [5.41, 5.74) is 0. The maximum Gasteiger partial charge on any atom is 0.0128 e. The molecule has 0 aliphatic heterocycles. The summed E-state index contributed by atoms with van der Waals surface area (Å²) in [6.45, 7) is 6.56. The van der Waals surface area contributed by atoms with Gasteiger partial charge in [-0.15, -0.1) is 0 Å². The lowest BCUT2D eigenvalue weighted by Gasteiger charge is -2.14. The fourth-order valence-corrected chi connectivity index (χ4v) is 2.96. The van der Waals surface area contributed by atoms with E-state index in [2.05, 4.69) is 26.0 Å². The summed E-state index contributed by atoms with van der Waals surface area (Å²) >= 11 is 0. The average Bonchev–Trinajstić information content (AvgIpc) is 2.54. The monoisotopic (exact) mass is 324 g/mol. The average molecular weight is 325 g/mol. The second-order valence-electron chi connectivity index (χ2n) is 6.97. The van der Waals surface area contributed by atoms with Crippen LogP contribution >= 0.6 is 0 Å². The molecule has 23 heavy (non-hydrogen) atoms. The SMILES string of the molecule is CCCCCCCC/C=C\CCCCCCCCN(N)CCC. The number of hydrogen-bond acceptors (Lipinski definition) is 2. The van der Waals surface area contributed by atoms with Crippen LogP contribution < -0.4 is 5.84 Å². The zero-order valence-electron chi connectivity index (χ0n) is 16.2. The highest BCUT2D eigenvalue weighted by Gasteiger charge is 1.96. The number of rotatable bonds is 18. The van der Waals surface area contributed by atoms with Gasteiger partial charge in [-0.1, -0.05) is 83.8 Å². The lowest BCUT2D eigenvalue weighted by atomic mass is 10.1. The van der Waals surface area contributed by atoms with Crippen LogP contribution in [0.25, 0.3) is 0 Å². The molecular formula is C21H44N2. The minimum absolute atomic E-state index is 1.03. The summed E-state index contributed by atoms with van der Waals surface area (Å²) in [6.07, 6.45) is 25.1. The highest BCUT2D eigenvalue weighted by Crippen LogP contribution is 2.10. The van der Waals surface area contributed by atoms with E-state index in [0.29, 0.717) is 0 Å². The third kappa shape index (κ3) is 19.6. The molecule has 0 aliphatic rings. The van der Waals surface area contributed by atoms with Crippen molar-refractivity contribution < 1.29 is 0 Å². The quantitative estimate of drug-likeness (QED) is 0.133. The summed E-state index contributed by atoms with van der Waals surface area (Å²) in [5, 5.41) is 1.97. The van der Waals surface area contributed by atoms with Gasteiger partial charge in [-0.25, -0.2) is 5.01 Å². The molecule has 2 heteroatoms. The maximum absolute atomic E-state index is 5.87. The van der Waals surface area contributed by atoms with Crippen molar-refractivity contribution in [3.8, 4) is 0 Å². The Labute approximate surface area is 146 Å². The molecule has 0 saturated heterocycles. The van der Waals surface area contributed by atoms with Gasteiger partial charge < -0.3 is 0 Å². The molecule has 0 aromatic rings. The van der Waals surface area contributed by atoms with Gasteiger partial charge in [-0.3, -0.25) is 5.84 Å². The van der Waals surface area contributed by atoms with Gasteiger partial charge in [0.25, 0.3) is 0 Å². The van der Waals surface area contributed by atoms with E-state index in [1.165, 1.54) is 89.9 Å². The fraction of sp³-hybridized carbons (Fsp3) is 0.905. The van der Waals surface area contributed by atoms with E-state index in [9.17, 15) is 0 Å². The fourth-order valence-electron chi connectivity index (χ4n) is 2.96. The normalized spacial score (nSPS) is 11.8. The molecule has 0 heterocycles. The van der Waals surface area contributed by atoms with E-state index in [-0.39, 0.29) is 0 Å². The van der Waals surface area contributed by atoms with Gasteiger partial charge in [-0.05, 0) is 38.5 Å². The van der Waals surface area contributed by atoms with Crippen LogP contribution in [-0.4, -0.2) is 18.1 Å². The largest absolute Gasteiger partial charge is 0.269 e. The molecule has 0 saturated carbocycles. The number of unbranched alkanes of at least 4 members (excludes halogenated alkanes) is 12. The molecule has 0 spiro atoms. The number of hydrazine groups is 1. The van der Waals surface area contributed by atoms with Crippen LogP contribution in [0, 0.1) is 0 Å². The van der Waals surface area contributed by atoms with Crippen molar-refractivity contribution in [1.82, 2.24) is 5.01 Å². The van der Waals surface area contributed by atoms with Crippen molar-refractivity contribution in [1.29, 1.82) is 0 Å². The summed E-state index contributed by atoms with van der Waals surface area (Å²) in [7, 11) is 0. The maximum atomic E-state index is 5.87. The van der Waals surface area contributed by atoms with Crippen LogP contribution in [0.15, 0.2) is 12.2 Å². The van der Waals surface area contributed by atoms with E-state index < -0.39 is 0 Å². The smallest absolute Gasteiger partial charge is 0.0128 e. The predicted molar refractivity (Wildman–Crippen MR) is 106 cm³/mol. The van der Waals surface area contributed by atoms with Crippen LogP contribution in [0.1, 0.15) is 110 Å². The molecule has 0 radical (unpaired) electrons. The molecule has 138 valence electrons. The van der Waals surface area contributed by atoms with Crippen LogP contribution in [0.4, 0.5) is 0 Å². The first kappa shape index (κ1) is 22.7. The van der Waals surface area contributed by atoms with Gasteiger partial charge in [0.15, 0.2) is 0 Å². The third-order valence-electron chi connectivity index (χ3n) is 4.47. The Morgan fingerprint density at radius 1 is 0.565 bits per heavy atom. The standard InChI is InChI=1S/C21H44N2/c1-3-5-6-7-8-9-10-11-12-13-14-15-16-17-18-19-21-23(22)20-4-2/h11-12H,3-10,13-22H2,1-2H3/b12-11-. The Morgan fingerprint density at radius 2 is 1.04 bits per heavy atom. The minimum Gasteiger partial charge on any atom is -0.269 e. The topological polar surface area (TPSA) is 29.3 Å². The molecule has 0 bridgehead atoms. The van der Waals surface area contributed by atoms with Gasteiger partial charge in [0, 0.05) is 13.1 Å². The van der Waals surface area contributed by atoms with Crippen LogP contribution in [0.3, 0.4) is 0 Å². The predicted octanol–water partition coefficient (Wildman–Crippen LogP) is 6.61. The molecule has 0 aromatic heterocycles. The second kappa shape index (κ2) is 19.7. The number of nitrogens with zero attached hydrogens (tertiary/aromatic N) is 1. The van der Waals surface area contributed by atoms with Crippen LogP contribution in [0.2, 0.25) is 0 Å². The van der Waals surface area contributed by atoms with Crippen molar-refractivity contribution >= 4 is 0 Å². The summed E-state index contributed by atoms with van der Waals surface area (Å²) in [4.78, 5) is 0. The first-order chi connectivity index (χ1) is 11.3.